The lowest BCUT2D eigenvalue weighted by molar-refractivity contribution is -0.137. The van der Waals surface area contributed by atoms with Crippen molar-refractivity contribution in [2.75, 3.05) is 10.2 Å². The van der Waals surface area contributed by atoms with Gasteiger partial charge in [-0.1, -0.05) is 6.07 Å². The molecule has 31 heavy (non-hydrogen) atoms. The van der Waals surface area contributed by atoms with Gasteiger partial charge in [-0.15, -0.1) is 11.3 Å². The second-order valence-corrected chi connectivity index (χ2v) is 7.42. The van der Waals surface area contributed by atoms with Gasteiger partial charge < -0.3 is 5.32 Å². The molecule has 0 saturated carbocycles. The first-order valence-corrected chi connectivity index (χ1v) is 9.61. The van der Waals surface area contributed by atoms with Crippen molar-refractivity contribution in [3.8, 4) is 0 Å². The first-order chi connectivity index (χ1) is 14.7. The highest BCUT2D eigenvalue weighted by Crippen LogP contribution is 2.37. The summed E-state index contributed by atoms with van der Waals surface area (Å²) in [5.74, 6) is -3.83. The number of nitrogens with one attached hydrogen (secondary N) is 1. The fraction of sp³-hybridized carbons (Fsp3) is 0.0476. The zero-order valence-corrected chi connectivity index (χ0v) is 16.2. The highest BCUT2D eigenvalue weighted by molar-refractivity contribution is 7.11. The van der Waals surface area contributed by atoms with Gasteiger partial charge >= 0.3 is 6.18 Å². The Hall–Kier alpha value is -3.53. The number of carbonyl (C=O) groups excluding carboxylic acids is 2. The number of alkyl halides is 3. The number of amides is 2. The Morgan fingerprint density at radius 3 is 2.16 bits per heavy atom. The molecule has 2 amide bonds. The molecule has 0 saturated heterocycles. The summed E-state index contributed by atoms with van der Waals surface area (Å²) in [6.45, 7) is 0. The van der Waals surface area contributed by atoms with Crippen LogP contribution in [0, 0.1) is 11.6 Å². The van der Waals surface area contributed by atoms with Crippen molar-refractivity contribution < 1.29 is 31.5 Å². The van der Waals surface area contributed by atoms with E-state index in [1.54, 1.807) is 17.5 Å². The van der Waals surface area contributed by atoms with Crippen molar-refractivity contribution in [1.29, 1.82) is 0 Å². The Morgan fingerprint density at radius 2 is 1.58 bits per heavy atom. The van der Waals surface area contributed by atoms with Gasteiger partial charge in [-0.3, -0.25) is 9.59 Å². The Morgan fingerprint density at radius 1 is 0.871 bits per heavy atom. The van der Waals surface area contributed by atoms with Crippen molar-refractivity contribution in [2.24, 2.45) is 0 Å². The predicted molar refractivity (Wildman–Crippen MR) is 105 cm³/mol. The molecule has 0 fully saturated rings. The standard InChI is InChI=1S/C21H11F5N2O2S/c22-14-8-5-12(10-15(14)23)27-18-17(16-2-1-9-31-16)19(29)28(20(18)30)13-6-3-11(4-7-13)21(24,25)26/h1-10,27H. The Kier molecular flexibility index (Phi) is 5.10. The van der Waals surface area contributed by atoms with Crippen molar-refractivity contribution in [2.45, 2.75) is 6.18 Å². The molecule has 0 radical (unpaired) electrons. The van der Waals surface area contributed by atoms with Gasteiger partial charge in [0.1, 0.15) is 5.70 Å². The molecule has 0 aliphatic carbocycles. The largest absolute Gasteiger partial charge is 0.416 e. The first kappa shape index (κ1) is 20.7. The highest BCUT2D eigenvalue weighted by Gasteiger charge is 2.41. The summed E-state index contributed by atoms with van der Waals surface area (Å²) in [7, 11) is 0. The average molecular weight is 450 g/mol. The summed E-state index contributed by atoms with van der Waals surface area (Å²) < 4.78 is 65.3. The summed E-state index contributed by atoms with van der Waals surface area (Å²) in [4.78, 5) is 27.3. The maximum atomic E-state index is 13.6. The van der Waals surface area contributed by atoms with Crippen LogP contribution in [0.1, 0.15) is 10.4 Å². The molecule has 2 heterocycles. The topological polar surface area (TPSA) is 49.4 Å². The van der Waals surface area contributed by atoms with E-state index in [4.69, 9.17) is 0 Å². The summed E-state index contributed by atoms with van der Waals surface area (Å²) in [6.07, 6.45) is -4.57. The number of imide groups is 1. The van der Waals surface area contributed by atoms with E-state index < -0.39 is 35.2 Å². The van der Waals surface area contributed by atoms with E-state index in [-0.39, 0.29) is 22.6 Å². The Bertz CT molecular complexity index is 1200. The van der Waals surface area contributed by atoms with Gasteiger partial charge in [-0.2, -0.15) is 13.2 Å². The molecule has 1 aromatic heterocycles. The van der Waals surface area contributed by atoms with Gasteiger partial charge in [-0.25, -0.2) is 13.7 Å². The van der Waals surface area contributed by atoms with Crippen LogP contribution in [0.2, 0.25) is 0 Å². The average Bonchev–Trinajstić information content (AvgIpc) is 3.31. The van der Waals surface area contributed by atoms with Gasteiger partial charge in [0.25, 0.3) is 11.8 Å². The van der Waals surface area contributed by atoms with E-state index in [2.05, 4.69) is 5.32 Å². The molecule has 0 bridgehead atoms. The van der Waals surface area contributed by atoms with E-state index in [1.165, 1.54) is 17.4 Å². The number of nitrogens with zero attached hydrogens (tertiary/aromatic N) is 1. The summed E-state index contributed by atoms with van der Waals surface area (Å²) in [5.41, 5.74) is -1.18. The maximum Gasteiger partial charge on any atom is 0.416 e. The van der Waals surface area contributed by atoms with Crippen LogP contribution in [-0.2, 0) is 15.8 Å². The SMILES string of the molecule is O=C1C(Nc2ccc(F)c(F)c2)=C(c2cccs2)C(=O)N1c1ccc(C(F)(F)F)cc1. The minimum absolute atomic E-state index is 0.0235. The summed E-state index contributed by atoms with van der Waals surface area (Å²) in [5, 5.41) is 4.33. The van der Waals surface area contributed by atoms with Crippen LogP contribution in [0.4, 0.5) is 33.3 Å². The van der Waals surface area contributed by atoms with Crippen LogP contribution in [0.5, 0.6) is 0 Å². The molecule has 4 rings (SSSR count). The minimum Gasteiger partial charge on any atom is -0.350 e. The molecule has 2 aromatic carbocycles. The monoisotopic (exact) mass is 450 g/mol. The number of hydrogen-bond donors (Lipinski definition) is 1. The number of carbonyl (C=O) groups is 2. The fourth-order valence-corrected chi connectivity index (χ4v) is 3.82. The lowest BCUT2D eigenvalue weighted by Gasteiger charge is -2.16. The lowest BCUT2D eigenvalue weighted by Crippen LogP contribution is -2.32. The van der Waals surface area contributed by atoms with E-state index in [9.17, 15) is 31.5 Å². The molecule has 1 aliphatic heterocycles. The third-order valence-corrected chi connectivity index (χ3v) is 5.38. The van der Waals surface area contributed by atoms with Crippen LogP contribution >= 0.6 is 11.3 Å². The van der Waals surface area contributed by atoms with Crippen LogP contribution in [0.15, 0.2) is 65.7 Å². The van der Waals surface area contributed by atoms with Gasteiger partial charge in [0.15, 0.2) is 11.6 Å². The minimum atomic E-state index is -4.57. The molecule has 0 spiro atoms. The second kappa shape index (κ2) is 7.62. The van der Waals surface area contributed by atoms with Gasteiger partial charge in [0, 0.05) is 16.6 Å². The van der Waals surface area contributed by atoms with Crippen LogP contribution in [0.25, 0.3) is 5.57 Å². The zero-order valence-electron chi connectivity index (χ0n) is 15.3. The van der Waals surface area contributed by atoms with Gasteiger partial charge in [-0.05, 0) is 47.8 Å². The Labute approximate surface area is 176 Å². The fourth-order valence-electron chi connectivity index (χ4n) is 3.05. The van der Waals surface area contributed by atoms with Crippen molar-refractivity contribution in [3.63, 3.8) is 0 Å². The predicted octanol–water partition coefficient (Wildman–Crippen LogP) is 5.44. The highest BCUT2D eigenvalue weighted by atomic mass is 32.1. The number of halogens is 5. The van der Waals surface area contributed by atoms with E-state index in [0.717, 1.165) is 41.3 Å². The first-order valence-electron chi connectivity index (χ1n) is 8.73. The number of hydrogen-bond acceptors (Lipinski definition) is 4. The third-order valence-electron chi connectivity index (χ3n) is 4.49. The molecule has 10 heteroatoms. The van der Waals surface area contributed by atoms with Crippen molar-refractivity contribution in [1.82, 2.24) is 0 Å². The molecule has 158 valence electrons. The normalized spacial score (nSPS) is 14.5. The van der Waals surface area contributed by atoms with Crippen molar-refractivity contribution >= 4 is 40.1 Å². The Balaban J connectivity index is 1.75. The van der Waals surface area contributed by atoms with Crippen LogP contribution < -0.4 is 10.2 Å². The van der Waals surface area contributed by atoms with E-state index in [0.29, 0.717) is 4.88 Å². The molecular weight excluding hydrogens is 439 g/mol. The van der Waals surface area contributed by atoms with Gasteiger partial charge in [0.2, 0.25) is 0 Å². The van der Waals surface area contributed by atoms with Crippen LogP contribution in [-0.4, -0.2) is 11.8 Å². The van der Waals surface area contributed by atoms with Gasteiger partial charge in [0.05, 0.1) is 16.8 Å². The third kappa shape index (κ3) is 3.81. The second-order valence-electron chi connectivity index (χ2n) is 6.47. The number of benzene rings is 2. The smallest absolute Gasteiger partial charge is 0.350 e. The molecule has 1 N–H and O–H groups in total. The molecular formula is C21H11F5N2O2S. The quantitative estimate of drug-likeness (QED) is 0.425. The summed E-state index contributed by atoms with van der Waals surface area (Å²) >= 11 is 1.17. The molecule has 1 aliphatic rings. The number of rotatable bonds is 4. The molecule has 0 unspecified atom stereocenters. The number of thiophene rings is 1. The zero-order chi connectivity index (χ0) is 22.3. The molecule has 4 nitrogen and oxygen atoms in total. The van der Waals surface area contributed by atoms with E-state index in [1.807, 2.05) is 0 Å². The molecule has 0 atom stereocenters. The number of anilines is 2. The summed E-state index contributed by atoms with van der Waals surface area (Å²) in [6, 6.07) is 9.69. The van der Waals surface area contributed by atoms with Crippen LogP contribution in [0.3, 0.4) is 0 Å². The van der Waals surface area contributed by atoms with Crippen molar-refractivity contribution in [3.05, 3.63) is 87.7 Å². The maximum absolute atomic E-state index is 13.6. The molecule has 3 aromatic rings. The van der Waals surface area contributed by atoms with E-state index >= 15 is 0 Å². The lowest BCUT2D eigenvalue weighted by atomic mass is 10.1.